The van der Waals surface area contributed by atoms with Gasteiger partial charge in [-0.15, -0.1) is 0 Å². The smallest absolute Gasteiger partial charge is 0.243 e. The van der Waals surface area contributed by atoms with Gasteiger partial charge in [-0.2, -0.15) is 0 Å². The monoisotopic (exact) mass is 354 g/mol. The van der Waals surface area contributed by atoms with Gasteiger partial charge in [-0.25, -0.2) is 4.90 Å². The van der Waals surface area contributed by atoms with E-state index in [1.807, 2.05) is 0 Å². The second kappa shape index (κ2) is 9.88. The van der Waals surface area contributed by atoms with Gasteiger partial charge in [-0.05, 0) is 32.1 Å². The Bertz CT molecular complexity index is 724. The van der Waals surface area contributed by atoms with Crippen molar-refractivity contribution in [2.24, 2.45) is 0 Å². The van der Waals surface area contributed by atoms with Crippen molar-refractivity contribution in [2.75, 3.05) is 0 Å². The summed E-state index contributed by atoms with van der Waals surface area (Å²) in [6, 6.07) is 0. The van der Waals surface area contributed by atoms with Crippen LogP contribution in [0.1, 0.15) is 26.7 Å². The van der Waals surface area contributed by atoms with Crippen LogP contribution in [0.5, 0.6) is 0 Å². The minimum Gasteiger partial charge on any atom is -0.273 e. The Hall–Kier alpha value is -3.28. The van der Waals surface area contributed by atoms with Gasteiger partial charge in [-0.3, -0.25) is 24.1 Å². The fourth-order valence-corrected chi connectivity index (χ4v) is 2.39. The number of imide groups is 2. The van der Waals surface area contributed by atoms with Crippen molar-refractivity contribution in [3.8, 4) is 0 Å². The molecule has 0 radical (unpaired) electrons. The Kier molecular flexibility index (Phi) is 7.89. The lowest BCUT2D eigenvalue weighted by Gasteiger charge is -2.28. The second-order valence-electron chi connectivity index (χ2n) is 5.23. The molecule has 0 spiro atoms. The standard InChI is InChI=1S/C20H22N2O4/c1-5-9-12-15(8-4)21-17(23)13-19(25)22(20(26)14-18(21)24)16(10-6-2)11-7-3/h5-12H,1-2,13-14H2,3-4H3/b11-7-,12-9-,15-8+,16-10+. The van der Waals surface area contributed by atoms with Gasteiger partial charge in [0.25, 0.3) is 0 Å². The minimum absolute atomic E-state index is 0.254. The first kappa shape index (κ1) is 20.8. The van der Waals surface area contributed by atoms with Crippen LogP contribution in [-0.4, -0.2) is 33.4 Å². The number of carbonyl (C=O) groups is 4. The summed E-state index contributed by atoms with van der Waals surface area (Å²) in [6.07, 6.45) is 11.0. The molecule has 4 amide bonds. The van der Waals surface area contributed by atoms with Gasteiger partial charge in [0.15, 0.2) is 0 Å². The number of amides is 4. The van der Waals surface area contributed by atoms with Gasteiger partial charge in [-0.1, -0.05) is 43.5 Å². The molecule has 0 unspecified atom stereocenters. The van der Waals surface area contributed by atoms with E-state index in [2.05, 4.69) is 13.2 Å². The zero-order valence-electron chi connectivity index (χ0n) is 15.0. The van der Waals surface area contributed by atoms with Crippen molar-refractivity contribution in [1.82, 2.24) is 9.80 Å². The number of hydrogen-bond donors (Lipinski definition) is 0. The number of carbonyl (C=O) groups excluding carboxylic acids is 4. The zero-order valence-corrected chi connectivity index (χ0v) is 15.0. The number of hydrogen-bond acceptors (Lipinski definition) is 4. The number of nitrogens with zero attached hydrogens (tertiary/aromatic N) is 2. The van der Waals surface area contributed by atoms with Crippen molar-refractivity contribution >= 4 is 23.6 Å². The van der Waals surface area contributed by atoms with Crippen molar-refractivity contribution < 1.29 is 19.2 Å². The first-order valence-electron chi connectivity index (χ1n) is 8.03. The van der Waals surface area contributed by atoms with Crippen LogP contribution in [-0.2, 0) is 19.2 Å². The second-order valence-corrected chi connectivity index (χ2v) is 5.23. The predicted molar refractivity (Wildman–Crippen MR) is 99.1 cm³/mol. The van der Waals surface area contributed by atoms with E-state index < -0.39 is 36.5 Å². The molecule has 0 N–H and O–H groups in total. The SMILES string of the molecule is C=C/C=C\C(=C/C)N1C(=O)CC(=O)N(C(/C=C\C)=C/C=C)C(=O)CC1=O. The zero-order chi connectivity index (χ0) is 19.7. The summed E-state index contributed by atoms with van der Waals surface area (Å²) in [5.74, 6) is -2.80. The largest absolute Gasteiger partial charge is 0.273 e. The molecular weight excluding hydrogens is 332 g/mol. The average molecular weight is 354 g/mol. The molecule has 6 nitrogen and oxygen atoms in total. The Morgan fingerprint density at radius 1 is 0.808 bits per heavy atom. The lowest BCUT2D eigenvalue weighted by atomic mass is 10.1. The average Bonchev–Trinajstić information content (AvgIpc) is 2.57. The Labute approximate surface area is 153 Å². The molecule has 1 aliphatic rings. The molecule has 1 rings (SSSR count). The summed E-state index contributed by atoms with van der Waals surface area (Å²) in [6.45, 7) is 10.5. The van der Waals surface area contributed by atoms with E-state index in [1.54, 1.807) is 32.1 Å². The van der Waals surface area contributed by atoms with Gasteiger partial charge in [0.05, 0.1) is 5.70 Å². The van der Waals surface area contributed by atoms with Crippen molar-refractivity contribution in [2.45, 2.75) is 26.7 Å². The highest BCUT2D eigenvalue weighted by Crippen LogP contribution is 2.19. The maximum atomic E-state index is 12.5. The van der Waals surface area contributed by atoms with Crippen LogP contribution < -0.4 is 0 Å². The topological polar surface area (TPSA) is 74.8 Å². The fourth-order valence-electron chi connectivity index (χ4n) is 2.39. The Morgan fingerprint density at radius 2 is 1.31 bits per heavy atom. The Balaban J connectivity index is 3.32. The molecule has 0 saturated carbocycles. The van der Waals surface area contributed by atoms with E-state index in [-0.39, 0.29) is 11.4 Å². The summed E-state index contributed by atoms with van der Waals surface area (Å²) in [7, 11) is 0. The Morgan fingerprint density at radius 3 is 1.69 bits per heavy atom. The molecular formula is C20H22N2O4. The van der Waals surface area contributed by atoms with Crippen LogP contribution in [0.15, 0.2) is 73.2 Å². The van der Waals surface area contributed by atoms with Crippen LogP contribution in [0, 0.1) is 0 Å². The molecule has 136 valence electrons. The molecule has 1 heterocycles. The highest BCUT2D eigenvalue weighted by Gasteiger charge is 2.36. The van der Waals surface area contributed by atoms with E-state index in [4.69, 9.17) is 0 Å². The summed E-state index contributed by atoms with van der Waals surface area (Å²) >= 11 is 0. The highest BCUT2D eigenvalue weighted by atomic mass is 16.2. The van der Waals surface area contributed by atoms with E-state index in [0.717, 1.165) is 9.80 Å². The molecule has 26 heavy (non-hydrogen) atoms. The molecule has 1 saturated heterocycles. The van der Waals surface area contributed by atoms with Crippen molar-refractivity contribution in [3.63, 3.8) is 0 Å². The third-order valence-electron chi connectivity index (χ3n) is 3.44. The molecule has 1 fully saturated rings. The van der Waals surface area contributed by atoms with Gasteiger partial charge < -0.3 is 0 Å². The van der Waals surface area contributed by atoms with Crippen LogP contribution in [0.4, 0.5) is 0 Å². The molecule has 0 aliphatic carbocycles. The third kappa shape index (κ3) is 4.86. The number of allylic oxidation sites excluding steroid dienone is 8. The molecule has 0 atom stereocenters. The molecule has 0 aromatic rings. The highest BCUT2D eigenvalue weighted by molar-refractivity contribution is 6.17. The molecule has 0 bridgehead atoms. The summed E-state index contributed by atoms with van der Waals surface area (Å²) in [5.41, 5.74) is 0.536. The maximum Gasteiger partial charge on any atom is 0.243 e. The first-order valence-corrected chi connectivity index (χ1v) is 8.03. The van der Waals surface area contributed by atoms with Crippen molar-refractivity contribution in [1.29, 1.82) is 0 Å². The molecule has 0 aromatic heterocycles. The lowest BCUT2D eigenvalue weighted by molar-refractivity contribution is -0.152. The van der Waals surface area contributed by atoms with E-state index in [1.165, 1.54) is 30.4 Å². The summed E-state index contributed by atoms with van der Waals surface area (Å²) in [4.78, 5) is 51.9. The molecule has 6 heteroatoms. The van der Waals surface area contributed by atoms with E-state index in [0.29, 0.717) is 0 Å². The van der Waals surface area contributed by atoms with Gasteiger partial charge >= 0.3 is 0 Å². The predicted octanol–water partition coefficient (Wildman–Crippen LogP) is 2.78. The maximum absolute atomic E-state index is 12.5. The minimum atomic E-state index is -0.702. The fraction of sp³-hybridized carbons (Fsp3) is 0.200. The van der Waals surface area contributed by atoms with Gasteiger partial charge in [0.1, 0.15) is 12.8 Å². The van der Waals surface area contributed by atoms with Gasteiger partial charge in [0.2, 0.25) is 23.6 Å². The van der Waals surface area contributed by atoms with E-state index in [9.17, 15) is 19.2 Å². The number of rotatable bonds is 6. The quantitative estimate of drug-likeness (QED) is 0.418. The first-order chi connectivity index (χ1) is 12.4. The summed E-state index contributed by atoms with van der Waals surface area (Å²) < 4.78 is 0. The molecule has 1 aliphatic heterocycles. The van der Waals surface area contributed by atoms with E-state index >= 15 is 0 Å². The van der Waals surface area contributed by atoms with Crippen LogP contribution in [0.25, 0.3) is 0 Å². The normalized spacial score (nSPS) is 17.9. The van der Waals surface area contributed by atoms with Crippen LogP contribution in [0.3, 0.4) is 0 Å². The lowest BCUT2D eigenvalue weighted by Crippen LogP contribution is -2.47. The third-order valence-corrected chi connectivity index (χ3v) is 3.44. The van der Waals surface area contributed by atoms with Crippen LogP contribution >= 0.6 is 0 Å². The molecule has 0 aromatic carbocycles. The van der Waals surface area contributed by atoms with Gasteiger partial charge in [0, 0.05) is 5.70 Å². The van der Waals surface area contributed by atoms with Crippen LogP contribution in [0.2, 0.25) is 0 Å². The summed E-state index contributed by atoms with van der Waals surface area (Å²) in [5, 5.41) is 0. The van der Waals surface area contributed by atoms with Crippen molar-refractivity contribution in [3.05, 3.63) is 73.2 Å².